The maximum atomic E-state index is 12.6. The van der Waals surface area contributed by atoms with Crippen LogP contribution in [0.25, 0.3) is 0 Å². The Kier molecular flexibility index (Phi) is 71.4. The van der Waals surface area contributed by atoms with Gasteiger partial charge in [-0.1, -0.05) is 358 Å². The average molecular weight is 1180 g/mol. The molecule has 3 N–H and O–H groups in total. The quantitative estimate of drug-likeness (QED) is 0.0320. The number of aliphatic hydroxyl groups is 2. The summed E-state index contributed by atoms with van der Waals surface area (Å²) in [6.07, 6.45) is 96.1. The minimum Gasteiger partial charge on any atom is -0.466 e. The van der Waals surface area contributed by atoms with E-state index in [2.05, 4.69) is 67.8 Å². The van der Waals surface area contributed by atoms with E-state index in [9.17, 15) is 19.8 Å². The fourth-order valence-electron chi connectivity index (χ4n) is 11.8. The van der Waals surface area contributed by atoms with Crippen LogP contribution in [0, 0.1) is 0 Å². The van der Waals surface area contributed by atoms with Crippen LogP contribution in [0.4, 0.5) is 0 Å². The molecule has 0 heterocycles. The predicted octanol–water partition coefficient (Wildman–Crippen LogP) is 24.8. The normalized spacial score (nSPS) is 12.8. The zero-order valence-corrected chi connectivity index (χ0v) is 56.6. The first-order valence-corrected chi connectivity index (χ1v) is 37.9. The second-order valence-corrected chi connectivity index (χ2v) is 26.0. The number of carbonyl (C=O) groups excluding carboxylic acids is 2. The van der Waals surface area contributed by atoms with Crippen molar-refractivity contribution < 1.29 is 24.5 Å². The van der Waals surface area contributed by atoms with Gasteiger partial charge in [-0.25, -0.2) is 0 Å². The number of nitrogens with one attached hydrogen (secondary N) is 1. The Morgan fingerprint density at radius 3 is 0.929 bits per heavy atom. The van der Waals surface area contributed by atoms with Crippen LogP contribution >= 0.6 is 0 Å². The first-order chi connectivity index (χ1) is 41.5. The van der Waals surface area contributed by atoms with Crippen LogP contribution in [0.15, 0.2) is 48.6 Å². The van der Waals surface area contributed by atoms with E-state index in [1.165, 1.54) is 321 Å². The molecule has 0 aliphatic rings. The molecule has 2 unspecified atom stereocenters. The molecule has 6 nitrogen and oxygen atoms in total. The molecule has 2 atom stereocenters. The fraction of sp³-hybridized carbons (Fsp3) is 0.872. The Morgan fingerprint density at radius 1 is 0.333 bits per heavy atom. The van der Waals surface area contributed by atoms with Crippen molar-refractivity contribution in [3.05, 3.63) is 48.6 Å². The maximum Gasteiger partial charge on any atom is 0.305 e. The Bertz CT molecular complexity index is 1400. The summed E-state index contributed by atoms with van der Waals surface area (Å²) in [4.78, 5) is 24.6. The number of rotatable bonds is 71. The predicted molar refractivity (Wildman–Crippen MR) is 370 cm³/mol. The molecule has 0 saturated heterocycles. The van der Waals surface area contributed by atoms with Crippen LogP contribution in [0.2, 0.25) is 0 Å². The number of esters is 1. The van der Waals surface area contributed by atoms with Crippen molar-refractivity contribution in [2.24, 2.45) is 0 Å². The molecule has 0 bridgehead atoms. The van der Waals surface area contributed by atoms with E-state index in [4.69, 9.17) is 4.74 Å². The van der Waals surface area contributed by atoms with Crippen molar-refractivity contribution in [3.63, 3.8) is 0 Å². The molecule has 0 radical (unpaired) electrons. The number of hydrogen-bond donors (Lipinski definition) is 3. The smallest absolute Gasteiger partial charge is 0.305 e. The molecule has 0 fully saturated rings. The van der Waals surface area contributed by atoms with Gasteiger partial charge in [0.15, 0.2) is 0 Å². The van der Waals surface area contributed by atoms with Crippen LogP contribution in [-0.2, 0) is 14.3 Å². The van der Waals surface area contributed by atoms with Gasteiger partial charge in [0.05, 0.1) is 25.4 Å². The lowest BCUT2D eigenvalue weighted by atomic mass is 10.0. The van der Waals surface area contributed by atoms with E-state index >= 15 is 0 Å². The van der Waals surface area contributed by atoms with Gasteiger partial charge in [-0.3, -0.25) is 9.59 Å². The Hall–Kier alpha value is -2.18. The van der Waals surface area contributed by atoms with Gasteiger partial charge in [0.2, 0.25) is 5.91 Å². The summed E-state index contributed by atoms with van der Waals surface area (Å²) in [6.45, 7) is 4.95. The number of carbonyl (C=O) groups is 2. The van der Waals surface area contributed by atoms with E-state index in [0.29, 0.717) is 25.9 Å². The standard InChI is InChI=1S/C78H147NO5/c1-3-5-7-9-11-13-15-17-19-20-21-33-36-39-43-46-50-54-58-62-66-70-76(81)75(74-80)79-77(82)71-67-63-59-55-51-47-44-40-37-34-31-29-27-25-23-22-24-26-28-30-32-35-38-41-45-49-53-57-61-65-69-73-84-78(83)72-68-64-60-56-52-48-42-18-16-14-12-10-8-6-4-2/h12,14,18,24,26,30,32,42,75-76,80-81H,3-11,13,15-17,19-23,25,27-29,31,33-41,43-74H2,1-2H3,(H,79,82)/b14-12-,26-24-,32-30-,42-18-. The minimum absolute atomic E-state index is 0.000522. The van der Waals surface area contributed by atoms with Gasteiger partial charge in [0.1, 0.15) is 0 Å². The van der Waals surface area contributed by atoms with Crippen molar-refractivity contribution in [2.75, 3.05) is 13.2 Å². The summed E-state index contributed by atoms with van der Waals surface area (Å²) in [5, 5.41) is 23.4. The van der Waals surface area contributed by atoms with Gasteiger partial charge in [-0.15, -0.1) is 0 Å². The van der Waals surface area contributed by atoms with Gasteiger partial charge in [0.25, 0.3) is 0 Å². The topological polar surface area (TPSA) is 95.9 Å². The summed E-state index contributed by atoms with van der Waals surface area (Å²) in [6, 6.07) is -0.543. The van der Waals surface area contributed by atoms with Gasteiger partial charge in [0, 0.05) is 12.8 Å². The van der Waals surface area contributed by atoms with Gasteiger partial charge < -0.3 is 20.3 Å². The Labute approximate surface area is 525 Å². The summed E-state index contributed by atoms with van der Waals surface area (Å²) in [5.41, 5.74) is 0. The van der Waals surface area contributed by atoms with Crippen LogP contribution < -0.4 is 5.32 Å². The minimum atomic E-state index is -0.666. The summed E-state index contributed by atoms with van der Waals surface area (Å²) in [7, 11) is 0. The number of unbranched alkanes of at least 4 members (excludes halogenated alkanes) is 52. The summed E-state index contributed by atoms with van der Waals surface area (Å²) in [5.74, 6) is -0.0308. The number of aliphatic hydroxyl groups excluding tert-OH is 2. The molecule has 0 aromatic carbocycles. The van der Waals surface area contributed by atoms with E-state index in [-0.39, 0.29) is 18.5 Å². The molecular weight excluding hydrogens is 1030 g/mol. The molecule has 0 aliphatic carbocycles. The monoisotopic (exact) mass is 1180 g/mol. The number of amides is 1. The van der Waals surface area contributed by atoms with E-state index < -0.39 is 12.1 Å². The molecule has 6 heteroatoms. The van der Waals surface area contributed by atoms with Crippen LogP contribution in [0.1, 0.15) is 412 Å². The highest BCUT2D eigenvalue weighted by Gasteiger charge is 2.20. The van der Waals surface area contributed by atoms with Crippen LogP contribution in [-0.4, -0.2) is 47.4 Å². The molecule has 494 valence electrons. The first-order valence-electron chi connectivity index (χ1n) is 37.9. The van der Waals surface area contributed by atoms with Crippen molar-refractivity contribution in [2.45, 2.75) is 424 Å². The highest BCUT2D eigenvalue weighted by Crippen LogP contribution is 2.19. The molecule has 0 aliphatic heterocycles. The largest absolute Gasteiger partial charge is 0.466 e. The van der Waals surface area contributed by atoms with E-state index in [0.717, 1.165) is 57.8 Å². The highest BCUT2D eigenvalue weighted by atomic mass is 16.5. The highest BCUT2D eigenvalue weighted by molar-refractivity contribution is 5.76. The van der Waals surface area contributed by atoms with Gasteiger partial charge in [-0.05, 0) is 89.9 Å². The summed E-state index contributed by atoms with van der Waals surface area (Å²) < 4.78 is 5.48. The van der Waals surface area contributed by atoms with Crippen molar-refractivity contribution in [1.29, 1.82) is 0 Å². The number of hydrogen-bond acceptors (Lipinski definition) is 5. The van der Waals surface area contributed by atoms with E-state index in [1.807, 2.05) is 0 Å². The fourth-order valence-corrected chi connectivity index (χ4v) is 11.8. The molecule has 84 heavy (non-hydrogen) atoms. The lowest BCUT2D eigenvalue weighted by molar-refractivity contribution is -0.143. The second-order valence-electron chi connectivity index (χ2n) is 26.0. The lowest BCUT2D eigenvalue weighted by Gasteiger charge is -2.22. The zero-order chi connectivity index (χ0) is 60.6. The Balaban J connectivity index is 3.40. The second kappa shape index (κ2) is 73.3. The molecule has 0 aromatic heterocycles. The third-order valence-corrected chi connectivity index (χ3v) is 17.6. The lowest BCUT2D eigenvalue weighted by Crippen LogP contribution is -2.45. The SMILES string of the molecule is CCCCC/C=C\C/C=C\CCCCCCCC(=O)OCCCCCCCCCCC/C=C\C/C=C\CCCCCCCCCCCCCCCCCC(=O)NC(CO)C(O)CCCCCCCCCCCCCCCCCCCCCCC. The molecule has 0 rings (SSSR count). The van der Waals surface area contributed by atoms with Crippen molar-refractivity contribution in [3.8, 4) is 0 Å². The number of ether oxygens (including phenoxy) is 1. The zero-order valence-electron chi connectivity index (χ0n) is 56.6. The molecular formula is C78H147NO5. The van der Waals surface area contributed by atoms with Crippen molar-refractivity contribution >= 4 is 11.9 Å². The number of allylic oxidation sites excluding steroid dienone is 8. The molecule has 0 aromatic rings. The first kappa shape index (κ1) is 81.8. The van der Waals surface area contributed by atoms with Crippen LogP contribution in [0.3, 0.4) is 0 Å². The molecule has 1 amide bonds. The molecule has 0 spiro atoms. The van der Waals surface area contributed by atoms with Gasteiger partial charge in [-0.2, -0.15) is 0 Å². The van der Waals surface area contributed by atoms with E-state index in [1.54, 1.807) is 0 Å². The average Bonchev–Trinajstić information content (AvgIpc) is 3.51. The van der Waals surface area contributed by atoms with Crippen LogP contribution in [0.5, 0.6) is 0 Å². The maximum absolute atomic E-state index is 12.6. The van der Waals surface area contributed by atoms with Gasteiger partial charge >= 0.3 is 5.97 Å². The summed E-state index contributed by atoms with van der Waals surface area (Å²) >= 11 is 0. The Morgan fingerprint density at radius 2 is 0.595 bits per heavy atom. The molecule has 0 saturated carbocycles. The third-order valence-electron chi connectivity index (χ3n) is 17.6. The third kappa shape index (κ3) is 68.9. The van der Waals surface area contributed by atoms with Crippen molar-refractivity contribution in [1.82, 2.24) is 5.32 Å².